The minimum atomic E-state index is -0.372. The Hall–Kier alpha value is -1.51. The van der Waals surface area contributed by atoms with Gasteiger partial charge in [-0.25, -0.2) is 4.98 Å². The number of nitrogens with zero attached hydrogens (tertiary/aromatic N) is 1. The Morgan fingerprint density at radius 1 is 1.17 bits per heavy atom. The van der Waals surface area contributed by atoms with E-state index in [0.29, 0.717) is 10.9 Å². The van der Waals surface area contributed by atoms with E-state index in [1.807, 2.05) is 38.1 Å². The Kier molecular flexibility index (Phi) is 6.49. The molecule has 3 N–H and O–H groups in total. The van der Waals surface area contributed by atoms with Crippen LogP contribution in [0.1, 0.15) is 11.3 Å². The summed E-state index contributed by atoms with van der Waals surface area (Å²) in [6.45, 7) is 3.87. The van der Waals surface area contributed by atoms with E-state index in [4.69, 9.17) is 5.73 Å². The van der Waals surface area contributed by atoms with Crippen LogP contribution < -0.4 is 11.1 Å². The second-order valence-corrected chi connectivity index (χ2v) is 8.09. The van der Waals surface area contributed by atoms with Crippen LogP contribution in [0.2, 0.25) is 0 Å². The van der Waals surface area contributed by atoms with Crippen molar-refractivity contribution >= 4 is 51.8 Å². The molecule has 0 bridgehead atoms. The predicted molar refractivity (Wildman–Crippen MR) is 97.3 cm³/mol. The molecule has 5 nitrogen and oxygen atoms in total. The average Bonchev–Trinajstić information content (AvgIpc) is 2.84. The Labute approximate surface area is 147 Å². The van der Waals surface area contributed by atoms with Gasteiger partial charge >= 0.3 is 0 Å². The Morgan fingerprint density at radius 3 is 2.52 bits per heavy atom. The normalized spacial score (nSPS) is 10.5. The Bertz CT molecular complexity index is 698. The van der Waals surface area contributed by atoms with Gasteiger partial charge in [-0.3, -0.25) is 9.59 Å². The number of hydrogen-bond donors (Lipinski definition) is 2. The summed E-state index contributed by atoms with van der Waals surface area (Å²) in [5.74, 6) is 0.0594. The number of rotatable bonds is 7. The van der Waals surface area contributed by atoms with E-state index in [0.717, 1.165) is 14.8 Å². The first-order valence-electron chi connectivity index (χ1n) is 6.82. The van der Waals surface area contributed by atoms with Gasteiger partial charge in [0, 0.05) is 4.90 Å². The highest BCUT2D eigenvalue weighted by Crippen LogP contribution is 2.32. The zero-order valence-electron chi connectivity index (χ0n) is 12.8. The molecule has 2 amide bonds. The van der Waals surface area contributed by atoms with E-state index in [1.54, 1.807) is 0 Å². The molecule has 1 heterocycles. The Balaban J connectivity index is 1.86. The molecule has 122 valence electrons. The van der Waals surface area contributed by atoms with Crippen molar-refractivity contribution < 1.29 is 9.59 Å². The van der Waals surface area contributed by atoms with Crippen LogP contribution in [0.5, 0.6) is 0 Å². The molecule has 23 heavy (non-hydrogen) atoms. The number of benzene rings is 1. The minimum absolute atomic E-state index is 0.101. The number of thiazole rings is 1. The highest BCUT2D eigenvalue weighted by Gasteiger charge is 2.12. The molecule has 2 aromatic rings. The average molecular weight is 368 g/mol. The highest BCUT2D eigenvalue weighted by molar-refractivity contribution is 8.01. The van der Waals surface area contributed by atoms with Crippen LogP contribution in [0.3, 0.4) is 0 Å². The van der Waals surface area contributed by atoms with Crippen molar-refractivity contribution in [3.8, 4) is 0 Å². The van der Waals surface area contributed by atoms with Crippen molar-refractivity contribution in [1.29, 1.82) is 0 Å². The van der Waals surface area contributed by atoms with Gasteiger partial charge in [-0.15, -0.1) is 23.5 Å². The van der Waals surface area contributed by atoms with Gasteiger partial charge in [0.15, 0.2) is 5.13 Å². The number of aromatic nitrogens is 1. The molecule has 0 aliphatic rings. The lowest BCUT2D eigenvalue weighted by Crippen LogP contribution is -2.13. The smallest absolute Gasteiger partial charge is 0.236 e. The summed E-state index contributed by atoms with van der Waals surface area (Å²) in [4.78, 5) is 28.2. The summed E-state index contributed by atoms with van der Waals surface area (Å²) in [7, 11) is 0. The Morgan fingerprint density at radius 2 is 1.87 bits per heavy atom. The van der Waals surface area contributed by atoms with E-state index >= 15 is 0 Å². The second-order valence-electron chi connectivity index (χ2n) is 4.80. The first-order valence-corrected chi connectivity index (χ1v) is 9.60. The second kappa shape index (κ2) is 8.37. The number of hydrogen-bond acceptors (Lipinski definition) is 6. The molecule has 1 aromatic carbocycles. The van der Waals surface area contributed by atoms with Crippen LogP contribution in [0.15, 0.2) is 33.4 Å². The van der Waals surface area contributed by atoms with Gasteiger partial charge in [-0.1, -0.05) is 29.0 Å². The van der Waals surface area contributed by atoms with Gasteiger partial charge in [0.1, 0.15) is 0 Å². The van der Waals surface area contributed by atoms with Gasteiger partial charge in [-0.2, -0.15) is 0 Å². The van der Waals surface area contributed by atoms with Crippen LogP contribution >= 0.6 is 34.9 Å². The zero-order valence-corrected chi connectivity index (χ0v) is 15.2. The molecular formula is C15H17N3O2S3. The van der Waals surface area contributed by atoms with Gasteiger partial charge in [-0.05, 0) is 26.0 Å². The monoisotopic (exact) mass is 367 g/mol. The topological polar surface area (TPSA) is 85.1 Å². The van der Waals surface area contributed by atoms with Gasteiger partial charge in [0.2, 0.25) is 11.8 Å². The number of thioether (sulfide) groups is 2. The summed E-state index contributed by atoms with van der Waals surface area (Å²) in [5, 5.41) is 3.34. The van der Waals surface area contributed by atoms with Crippen molar-refractivity contribution in [2.24, 2.45) is 5.73 Å². The third-order valence-corrected chi connectivity index (χ3v) is 6.21. The fraction of sp³-hybridized carbons (Fsp3) is 0.267. The van der Waals surface area contributed by atoms with Gasteiger partial charge < -0.3 is 11.1 Å². The zero-order chi connectivity index (χ0) is 16.8. The summed E-state index contributed by atoms with van der Waals surface area (Å²) >= 11 is 4.18. The van der Waals surface area contributed by atoms with E-state index in [2.05, 4.69) is 10.3 Å². The van der Waals surface area contributed by atoms with Crippen molar-refractivity contribution in [3.05, 3.63) is 35.5 Å². The van der Waals surface area contributed by atoms with Crippen LogP contribution in [0, 0.1) is 13.8 Å². The maximum Gasteiger partial charge on any atom is 0.236 e. The summed E-state index contributed by atoms with van der Waals surface area (Å²) in [6.07, 6.45) is 0. The lowest BCUT2D eigenvalue weighted by atomic mass is 10.2. The fourth-order valence-electron chi connectivity index (χ4n) is 1.65. The van der Waals surface area contributed by atoms with E-state index in [9.17, 15) is 9.59 Å². The minimum Gasteiger partial charge on any atom is -0.369 e. The molecule has 0 aliphatic heterocycles. The maximum atomic E-state index is 12.0. The molecule has 1 aromatic heterocycles. The fourth-order valence-corrected chi connectivity index (χ4v) is 4.24. The quantitative estimate of drug-likeness (QED) is 0.735. The number of carbonyl (C=O) groups is 2. The molecular weight excluding hydrogens is 350 g/mol. The summed E-state index contributed by atoms with van der Waals surface area (Å²) < 4.78 is 0.894. The van der Waals surface area contributed by atoms with Gasteiger partial charge in [0.25, 0.3) is 0 Å². The SMILES string of the molecule is Cc1ccc(SCC(=O)Nc2nc(C)c(SCC(N)=O)s2)cc1. The first kappa shape index (κ1) is 17.8. The maximum absolute atomic E-state index is 12.0. The number of amides is 2. The van der Waals surface area contributed by atoms with Crippen LogP contribution in [0.4, 0.5) is 5.13 Å². The van der Waals surface area contributed by atoms with Crippen LogP contribution in [0.25, 0.3) is 0 Å². The van der Waals surface area contributed by atoms with Crippen molar-refractivity contribution in [3.63, 3.8) is 0 Å². The predicted octanol–water partition coefficient (Wildman–Crippen LogP) is 3.07. The van der Waals surface area contributed by atoms with Gasteiger partial charge in [0.05, 0.1) is 21.4 Å². The highest BCUT2D eigenvalue weighted by atomic mass is 32.2. The number of primary amides is 1. The largest absolute Gasteiger partial charge is 0.369 e. The third-order valence-electron chi connectivity index (χ3n) is 2.74. The van der Waals surface area contributed by atoms with Crippen LogP contribution in [-0.4, -0.2) is 28.3 Å². The molecule has 0 atom stereocenters. The van der Waals surface area contributed by atoms with E-state index < -0.39 is 0 Å². The number of aryl methyl sites for hydroxylation is 2. The molecule has 0 fully saturated rings. The van der Waals surface area contributed by atoms with E-state index in [1.165, 1.54) is 40.4 Å². The molecule has 0 saturated heterocycles. The van der Waals surface area contributed by atoms with Crippen molar-refractivity contribution in [2.45, 2.75) is 23.0 Å². The molecule has 0 aliphatic carbocycles. The standard InChI is InChI=1S/C15H17N3O2S3/c1-9-3-5-11(6-4-9)21-8-13(20)18-15-17-10(2)14(23-15)22-7-12(16)19/h3-6H,7-8H2,1-2H3,(H2,16,19)(H,17,18,20). The first-order chi connectivity index (χ1) is 10.9. The van der Waals surface area contributed by atoms with Crippen molar-refractivity contribution in [2.75, 3.05) is 16.8 Å². The molecule has 0 unspecified atom stereocenters. The molecule has 0 radical (unpaired) electrons. The number of nitrogens with two attached hydrogens (primary N) is 1. The van der Waals surface area contributed by atoms with Crippen molar-refractivity contribution in [1.82, 2.24) is 4.98 Å². The van der Waals surface area contributed by atoms with E-state index in [-0.39, 0.29) is 17.6 Å². The number of carbonyl (C=O) groups excluding carboxylic acids is 2. The molecule has 8 heteroatoms. The number of anilines is 1. The summed E-state index contributed by atoms with van der Waals surface area (Å²) in [5.41, 5.74) is 7.12. The summed E-state index contributed by atoms with van der Waals surface area (Å²) in [6, 6.07) is 8.04. The molecule has 0 saturated carbocycles. The molecule has 0 spiro atoms. The molecule has 2 rings (SSSR count). The number of nitrogens with one attached hydrogen (secondary N) is 1. The lowest BCUT2D eigenvalue weighted by molar-refractivity contribution is -0.115. The third kappa shape index (κ3) is 5.89. The lowest BCUT2D eigenvalue weighted by Gasteiger charge is -2.02. The van der Waals surface area contributed by atoms with Crippen LogP contribution in [-0.2, 0) is 9.59 Å².